The molecule has 0 aromatic carbocycles. The van der Waals surface area contributed by atoms with Gasteiger partial charge in [-0.25, -0.2) is 0 Å². The number of nitrogens with two attached hydrogens (primary N) is 1. The third-order valence-corrected chi connectivity index (χ3v) is 10.3. The number of hydrogen-bond donors (Lipinski definition) is 2. The maximum atomic E-state index is 12.4. The Bertz CT molecular complexity index is 1920. The van der Waals surface area contributed by atoms with Crippen LogP contribution in [0.4, 0.5) is 5.69 Å². The Kier molecular flexibility index (Phi) is 27.2. The maximum absolute atomic E-state index is 12.4. The maximum Gasteiger partial charge on any atom is 0.252 e. The molecule has 4 aromatic rings. The number of carboxylic acid groups (broad SMARTS) is 1. The molecule has 0 amide bonds. The molecule has 3 N–H and O–H groups in total. The van der Waals surface area contributed by atoms with Crippen LogP contribution in [0.25, 0.3) is 22.8 Å². The monoisotopic (exact) mass is 1280 g/mol. The normalized spacial score (nSPS) is 15.2. The SMILES string of the molecule is Cc1c2n([c-]c(C(=O)O)c1=O)C(C)(C)C(C)(C)n1cccc1-2.Cc1c2n([c-]c(N)c1=O)C(C)(C)C(C)(C)n1cccc1-2.[Y].[Y].[Y].[Y].[Y].[Y].[Y].[Y]. The number of rotatable bonds is 1. The molecule has 6 rings (SSSR count). The van der Waals surface area contributed by atoms with Crippen LogP contribution in [0.3, 0.4) is 0 Å². The van der Waals surface area contributed by atoms with Gasteiger partial charge in [-0.1, -0.05) is 37.4 Å². The van der Waals surface area contributed by atoms with Crippen LogP contribution < -0.4 is 16.6 Å². The summed E-state index contributed by atoms with van der Waals surface area (Å²) in [6, 6.07) is 7.95. The summed E-state index contributed by atoms with van der Waals surface area (Å²) in [6.45, 7) is 20.5. The summed E-state index contributed by atoms with van der Waals surface area (Å²) < 4.78 is 8.23. The van der Waals surface area contributed by atoms with Crippen molar-refractivity contribution >= 4 is 11.7 Å². The van der Waals surface area contributed by atoms with Crippen LogP contribution in [0.2, 0.25) is 0 Å². The molecular formula is C33H39N5O4Y8-2. The van der Waals surface area contributed by atoms with Crippen molar-refractivity contribution in [2.75, 3.05) is 5.73 Å². The molecule has 0 atom stereocenters. The van der Waals surface area contributed by atoms with Crippen LogP contribution in [0, 0.1) is 26.2 Å². The van der Waals surface area contributed by atoms with Crippen molar-refractivity contribution in [1.82, 2.24) is 18.3 Å². The van der Waals surface area contributed by atoms with Crippen LogP contribution in [-0.4, -0.2) is 29.3 Å². The Morgan fingerprint density at radius 2 is 0.960 bits per heavy atom. The van der Waals surface area contributed by atoms with Gasteiger partial charge in [0.1, 0.15) is 5.43 Å². The van der Waals surface area contributed by atoms with Gasteiger partial charge in [0.25, 0.3) is 5.97 Å². The van der Waals surface area contributed by atoms with E-state index in [2.05, 4.69) is 69.3 Å². The quantitative estimate of drug-likeness (QED) is 0.259. The zero-order valence-corrected chi connectivity index (χ0v) is 53.3. The molecule has 2 aliphatic rings. The van der Waals surface area contributed by atoms with Crippen molar-refractivity contribution in [3.8, 4) is 22.8 Å². The first-order valence-electron chi connectivity index (χ1n) is 14.0. The van der Waals surface area contributed by atoms with E-state index in [0.717, 1.165) is 22.8 Å². The first-order chi connectivity index (χ1) is 19.3. The van der Waals surface area contributed by atoms with Gasteiger partial charge in [-0.05, 0) is 102 Å². The molecule has 0 fully saturated rings. The molecule has 4 aromatic heterocycles. The van der Waals surface area contributed by atoms with Gasteiger partial charge in [0, 0.05) is 297 Å². The number of anilines is 1. The molecule has 2 aliphatic heterocycles. The zero-order chi connectivity index (χ0) is 31.3. The van der Waals surface area contributed by atoms with Crippen LogP contribution in [-0.2, 0) is 284 Å². The van der Waals surface area contributed by atoms with E-state index in [9.17, 15) is 19.5 Å². The van der Waals surface area contributed by atoms with Gasteiger partial charge < -0.3 is 43.5 Å². The molecule has 50 heavy (non-hydrogen) atoms. The van der Waals surface area contributed by atoms with E-state index in [-0.39, 0.29) is 295 Å². The van der Waals surface area contributed by atoms with Crippen LogP contribution in [0.5, 0.6) is 0 Å². The minimum Gasteiger partial charge on any atom is -0.521 e. The second kappa shape index (κ2) is 22.2. The van der Waals surface area contributed by atoms with E-state index in [1.165, 1.54) is 0 Å². The van der Waals surface area contributed by atoms with Gasteiger partial charge >= 0.3 is 0 Å². The Morgan fingerprint density at radius 3 is 1.32 bits per heavy atom. The fourth-order valence-electron chi connectivity index (χ4n) is 6.24. The van der Waals surface area contributed by atoms with Crippen molar-refractivity contribution in [2.24, 2.45) is 0 Å². The van der Waals surface area contributed by atoms with E-state index in [4.69, 9.17) is 5.73 Å². The van der Waals surface area contributed by atoms with Gasteiger partial charge in [-0.3, -0.25) is 0 Å². The third kappa shape index (κ3) is 9.94. The van der Waals surface area contributed by atoms with Gasteiger partial charge in [-0.2, -0.15) is 0 Å². The number of carbonyl (C=O) groups is 1. The standard InChI is InChI=1S/C17H19N2O3.C16H20N3O.8Y/c1-10-13-12-7-6-8-18(12)16(2,3)17(4,5)19(13)9-11(14(10)20)15(21)22;1-10-13-12-7-6-8-18(12)15(2,3)16(4,5)19(13)9-11(17)14(10)20;;;;;;;;/h6-8H,1-5H3,(H,21,22);6-8H,17H2,1-5H3;;;;;;;;/q2*-1;;;;;;;;. The zero-order valence-electron chi connectivity index (χ0n) is 30.6. The Morgan fingerprint density at radius 1 is 0.620 bits per heavy atom. The number of nitrogen functional groups attached to an aromatic ring is 1. The summed E-state index contributed by atoms with van der Waals surface area (Å²) in [5.41, 5.74) is 8.74. The largest absolute Gasteiger partial charge is 0.521 e. The molecule has 0 spiro atoms. The minimum absolute atomic E-state index is 0. The third-order valence-electron chi connectivity index (χ3n) is 10.3. The fraction of sp³-hybridized carbons (Fsp3) is 0.424. The smallest absolute Gasteiger partial charge is 0.252 e. The summed E-state index contributed by atoms with van der Waals surface area (Å²) in [4.78, 5) is 35.9. The molecule has 0 saturated carbocycles. The second-order valence-corrected chi connectivity index (χ2v) is 13.4. The average Bonchev–Trinajstić information content (AvgIpc) is 3.58. The van der Waals surface area contributed by atoms with E-state index in [1.807, 2.05) is 60.4 Å². The van der Waals surface area contributed by atoms with E-state index >= 15 is 0 Å². The fourth-order valence-corrected chi connectivity index (χ4v) is 6.24. The van der Waals surface area contributed by atoms with Crippen LogP contribution in [0.1, 0.15) is 76.9 Å². The topological polar surface area (TPSA) is 117 Å². The van der Waals surface area contributed by atoms with E-state index in [1.54, 1.807) is 6.92 Å². The molecule has 0 aliphatic carbocycles. The average molecular weight is 1280 g/mol. The molecule has 0 unspecified atom stereocenters. The number of pyridine rings is 2. The first kappa shape index (κ1) is 61.2. The summed E-state index contributed by atoms with van der Waals surface area (Å²) >= 11 is 0. The first-order valence-corrected chi connectivity index (χ1v) is 14.0. The van der Waals surface area contributed by atoms with E-state index in [0.29, 0.717) is 11.1 Å². The number of carboxylic acids is 1. The van der Waals surface area contributed by atoms with Gasteiger partial charge in [0.15, 0.2) is 0 Å². The van der Waals surface area contributed by atoms with Gasteiger partial charge in [0.05, 0.1) is 16.5 Å². The molecule has 17 heteroatoms. The molecule has 6 heterocycles. The number of aromatic nitrogens is 4. The molecular weight excluding hydrogens is 1240 g/mol. The minimum atomic E-state index is -1.24. The van der Waals surface area contributed by atoms with Crippen molar-refractivity contribution in [3.63, 3.8) is 0 Å². The Balaban J connectivity index is -0.000000366. The van der Waals surface area contributed by atoms with Crippen LogP contribution >= 0.6 is 0 Å². The molecule has 0 bridgehead atoms. The molecule has 8 radical (unpaired) electrons. The second-order valence-electron chi connectivity index (χ2n) is 13.4. The summed E-state index contributed by atoms with van der Waals surface area (Å²) in [7, 11) is 0. The summed E-state index contributed by atoms with van der Waals surface area (Å²) in [6.07, 6.45) is 9.99. The molecule has 9 nitrogen and oxygen atoms in total. The summed E-state index contributed by atoms with van der Waals surface area (Å²) in [5.74, 6) is -1.24. The van der Waals surface area contributed by atoms with Crippen LogP contribution in [0.15, 0.2) is 46.2 Å². The van der Waals surface area contributed by atoms with E-state index < -0.39 is 16.9 Å². The number of aromatic carboxylic acids is 1. The summed E-state index contributed by atoms with van der Waals surface area (Å²) in [5, 5.41) is 9.30. The predicted octanol–water partition coefficient (Wildman–Crippen LogP) is 5.08. The molecule has 246 valence electrons. The predicted molar refractivity (Wildman–Crippen MR) is 164 cm³/mol. The van der Waals surface area contributed by atoms with Gasteiger partial charge in [-0.15, -0.1) is 0 Å². The molecule has 0 saturated heterocycles. The van der Waals surface area contributed by atoms with Crippen molar-refractivity contribution in [2.45, 2.75) is 91.4 Å². The van der Waals surface area contributed by atoms with Crippen molar-refractivity contribution < 1.29 is 272 Å². The number of fused-ring (bicyclic) bond motifs is 6. The van der Waals surface area contributed by atoms with Crippen molar-refractivity contribution in [1.29, 1.82) is 0 Å². The Hall–Kier alpha value is 4.56. The number of nitrogens with zero attached hydrogens (tertiary/aromatic N) is 4. The number of hydrogen-bond acceptors (Lipinski definition) is 4. The van der Waals surface area contributed by atoms with Gasteiger partial charge in [0.2, 0.25) is 0 Å². The van der Waals surface area contributed by atoms with Crippen molar-refractivity contribution in [3.05, 3.63) is 86.2 Å². The Labute approximate surface area is 496 Å².